The molecule has 0 radical (unpaired) electrons. The molecule has 4 heteroatoms. The topological polar surface area (TPSA) is 47.0 Å². The first-order valence-electron chi connectivity index (χ1n) is 5.41. The van der Waals surface area contributed by atoms with E-state index in [9.17, 15) is 0 Å². The minimum atomic E-state index is 0.583. The van der Waals surface area contributed by atoms with E-state index in [1.165, 1.54) is 5.56 Å². The molecule has 88 valence electrons. The predicted molar refractivity (Wildman–Crippen MR) is 67.8 cm³/mol. The van der Waals surface area contributed by atoms with Crippen molar-refractivity contribution in [2.24, 2.45) is 0 Å². The zero-order valence-corrected chi connectivity index (χ0v) is 10.2. The quantitative estimate of drug-likeness (QED) is 0.879. The minimum absolute atomic E-state index is 0.583. The molecule has 0 aliphatic carbocycles. The third kappa shape index (κ3) is 2.93. The Kier molecular flexibility index (Phi) is 3.23. The summed E-state index contributed by atoms with van der Waals surface area (Å²) >= 11 is 0. The number of methoxy groups -OCH3 is 1. The molecule has 2 aromatic heterocycles. The molecule has 4 nitrogen and oxygen atoms in total. The Balaban J connectivity index is 2.24. The highest BCUT2D eigenvalue weighted by atomic mass is 16.5. The largest absolute Gasteiger partial charge is 0.481 e. The number of rotatable bonds is 3. The Bertz CT molecular complexity index is 506. The summed E-state index contributed by atoms with van der Waals surface area (Å²) in [6, 6.07) is 9.58. The van der Waals surface area contributed by atoms with Crippen LogP contribution in [0.25, 0.3) is 0 Å². The van der Waals surface area contributed by atoms with Crippen LogP contribution < -0.4 is 10.1 Å². The maximum Gasteiger partial charge on any atom is 0.214 e. The van der Waals surface area contributed by atoms with E-state index in [1.54, 1.807) is 13.2 Å². The fourth-order valence-electron chi connectivity index (χ4n) is 1.63. The number of nitrogens with one attached hydrogen (secondary N) is 1. The number of anilines is 2. The van der Waals surface area contributed by atoms with E-state index in [-0.39, 0.29) is 0 Å². The second-order valence-electron chi connectivity index (χ2n) is 3.86. The molecule has 2 rings (SSSR count). The first-order valence-corrected chi connectivity index (χ1v) is 5.41. The van der Waals surface area contributed by atoms with Gasteiger partial charge in [0.15, 0.2) is 0 Å². The number of aromatic nitrogens is 2. The standard InChI is InChI=1S/C13H15N3O/c1-9-7-10(2)14-12(8-9)15-11-5-4-6-13(16-11)17-3/h4-8H,1-3H3,(H,14,15,16). The summed E-state index contributed by atoms with van der Waals surface area (Å²) in [5, 5.41) is 3.16. The second-order valence-corrected chi connectivity index (χ2v) is 3.86. The molecule has 0 saturated carbocycles. The van der Waals surface area contributed by atoms with Gasteiger partial charge in [0, 0.05) is 11.8 Å². The average Bonchev–Trinajstić information content (AvgIpc) is 2.28. The molecule has 0 atom stereocenters. The van der Waals surface area contributed by atoms with Gasteiger partial charge < -0.3 is 10.1 Å². The van der Waals surface area contributed by atoms with Crippen molar-refractivity contribution in [1.29, 1.82) is 0 Å². The molecule has 0 saturated heterocycles. The van der Waals surface area contributed by atoms with E-state index >= 15 is 0 Å². The summed E-state index contributed by atoms with van der Waals surface area (Å²) in [6.45, 7) is 4.01. The van der Waals surface area contributed by atoms with E-state index in [4.69, 9.17) is 4.74 Å². The first kappa shape index (κ1) is 11.4. The summed E-state index contributed by atoms with van der Waals surface area (Å²) in [6.07, 6.45) is 0. The molecule has 0 unspecified atom stereocenters. The van der Waals surface area contributed by atoms with Gasteiger partial charge >= 0.3 is 0 Å². The van der Waals surface area contributed by atoms with E-state index in [2.05, 4.69) is 15.3 Å². The molecular weight excluding hydrogens is 214 g/mol. The smallest absolute Gasteiger partial charge is 0.214 e. The van der Waals surface area contributed by atoms with Crippen LogP contribution in [0.15, 0.2) is 30.3 Å². The van der Waals surface area contributed by atoms with Gasteiger partial charge in [0.05, 0.1) is 7.11 Å². The van der Waals surface area contributed by atoms with Gasteiger partial charge in [0.25, 0.3) is 0 Å². The van der Waals surface area contributed by atoms with Gasteiger partial charge in [-0.05, 0) is 37.6 Å². The van der Waals surface area contributed by atoms with Crippen LogP contribution in [0, 0.1) is 13.8 Å². The molecule has 0 spiro atoms. The van der Waals surface area contributed by atoms with Crippen molar-refractivity contribution < 1.29 is 4.74 Å². The van der Waals surface area contributed by atoms with Crippen LogP contribution in [-0.2, 0) is 0 Å². The lowest BCUT2D eigenvalue weighted by Gasteiger charge is -2.07. The molecule has 1 N–H and O–H groups in total. The molecule has 0 aliphatic heterocycles. The zero-order chi connectivity index (χ0) is 12.3. The lowest BCUT2D eigenvalue weighted by Crippen LogP contribution is -1.98. The Morgan fingerprint density at radius 3 is 2.59 bits per heavy atom. The molecule has 0 amide bonds. The van der Waals surface area contributed by atoms with Crippen molar-refractivity contribution in [2.45, 2.75) is 13.8 Å². The van der Waals surface area contributed by atoms with E-state index in [1.807, 2.05) is 38.1 Å². The summed E-state index contributed by atoms with van der Waals surface area (Å²) in [5.41, 5.74) is 2.15. The molecule has 2 aromatic rings. The maximum atomic E-state index is 5.07. The Morgan fingerprint density at radius 1 is 1.06 bits per heavy atom. The van der Waals surface area contributed by atoms with Crippen LogP contribution >= 0.6 is 0 Å². The number of nitrogens with zero attached hydrogens (tertiary/aromatic N) is 2. The van der Waals surface area contributed by atoms with Crippen molar-refractivity contribution in [1.82, 2.24) is 9.97 Å². The van der Waals surface area contributed by atoms with Crippen LogP contribution in [-0.4, -0.2) is 17.1 Å². The zero-order valence-electron chi connectivity index (χ0n) is 10.2. The highest BCUT2D eigenvalue weighted by molar-refractivity contribution is 5.53. The van der Waals surface area contributed by atoms with Gasteiger partial charge in [-0.15, -0.1) is 0 Å². The Labute approximate surface area is 101 Å². The van der Waals surface area contributed by atoms with Gasteiger partial charge in [-0.3, -0.25) is 0 Å². The lowest BCUT2D eigenvalue weighted by molar-refractivity contribution is 0.398. The Morgan fingerprint density at radius 2 is 1.88 bits per heavy atom. The van der Waals surface area contributed by atoms with Crippen molar-refractivity contribution in [3.05, 3.63) is 41.6 Å². The van der Waals surface area contributed by atoms with E-state index < -0.39 is 0 Å². The summed E-state index contributed by atoms with van der Waals surface area (Å²) in [4.78, 5) is 8.67. The van der Waals surface area contributed by atoms with Crippen molar-refractivity contribution in [2.75, 3.05) is 12.4 Å². The van der Waals surface area contributed by atoms with Gasteiger partial charge in [0.2, 0.25) is 5.88 Å². The first-order chi connectivity index (χ1) is 8.17. The van der Waals surface area contributed by atoms with Crippen LogP contribution in [0.5, 0.6) is 5.88 Å². The van der Waals surface area contributed by atoms with Crippen LogP contribution in [0.1, 0.15) is 11.3 Å². The van der Waals surface area contributed by atoms with Crippen molar-refractivity contribution >= 4 is 11.6 Å². The number of aryl methyl sites for hydroxylation is 2. The molecule has 2 heterocycles. The number of ether oxygens (including phenoxy) is 1. The van der Waals surface area contributed by atoms with Crippen LogP contribution in [0.4, 0.5) is 11.6 Å². The van der Waals surface area contributed by atoms with Gasteiger partial charge in [-0.2, -0.15) is 4.98 Å². The molecule has 0 fully saturated rings. The summed E-state index contributed by atoms with van der Waals surface area (Å²) < 4.78 is 5.07. The minimum Gasteiger partial charge on any atom is -0.481 e. The monoisotopic (exact) mass is 229 g/mol. The molecule has 0 aliphatic rings. The molecule has 0 bridgehead atoms. The molecular formula is C13H15N3O. The van der Waals surface area contributed by atoms with E-state index in [0.717, 1.165) is 17.3 Å². The van der Waals surface area contributed by atoms with Crippen molar-refractivity contribution in [3.8, 4) is 5.88 Å². The number of hydrogen-bond acceptors (Lipinski definition) is 4. The Hall–Kier alpha value is -2.10. The van der Waals surface area contributed by atoms with Gasteiger partial charge in [-0.25, -0.2) is 4.98 Å². The summed E-state index contributed by atoms with van der Waals surface area (Å²) in [7, 11) is 1.60. The third-order valence-corrected chi connectivity index (χ3v) is 2.29. The second kappa shape index (κ2) is 4.82. The third-order valence-electron chi connectivity index (χ3n) is 2.29. The molecule has 0 aromatic carbocycles. The number of pyridine rings is 2. The predicted octanol–water partition coefficient (Wildman–Crippen LogP) is 2.85. The average molecular weight is 229 g/mol. The van der Waals surface area contributed by atoms with Crippen molar-refractivity contribution in [3.63, 3.8) is 0 Å². The van der Waals surface area contributed by atoms with E-state index in [0.29, 0.717) is 5.88 Å². The maximum absolute atomic E-state index is 5.07. The highest BCUT2D eigenvalue weighted by Crippen LogP contribution is 2.17. The van der Waals surface area contributed by atoms with Gasteiger partial charge in [-0.1, -0.05) is 6.07 Å². The van der Waals surface area contributed by atoms with Crippen LogP contribution in [0.3, 0.4) is 0 Å². The SMILES string of the molecule is COc1cccc(Nc2cc(C)cc(C)n2)n1. The normalized spacial score (nSPS) is 10.1. The van der Waals surface area contributed by atoms with Crippen LogP contribution in [0.2, 0.25) is 0 Å². The number of hydrogen-bond donors (Lipinski definition) is 1. The fourth-order valence-corrected chi connectivity index (χ4v) is 1.63. The lowest BCUT2D eigenvalue weighted by atomic mass is 10.2. The summed E-state index contributed by atoms with van der Waals surface area (Å²) in [5.74, 6) is 2.10. The highest BCUT2D eigenvalue weighted by Gasteiger charge is 2.00. The fraction of sp³-hybridized carbons (Fsp3) is 0.231. The molecule has 17 heavy (non-hydrogen) atoms. The van der Waals surface area contributed by atoms with Gasteiger partial charge in [0.1, 0.15) is 11.6 Å².